The molecule has 3 heterocycles. The summed E-state index contributed by atoms with van der Waals surface area (Å²) in [7, 11) is 3.45. The Bertz CT molecular complexity index is 1200. The second-order valence-electron chi connectivity index (χ2n) is 13.1. The topological polar surface area (TPSA) is 147 Å². The average Bonchev–Trinajstić information content (AvgIpc) is 3.79. The molecular formula is C34H52IN3O9. The van der Waals surface area contributed by atoms with Gasteiger partial charge in [0.1, 0.15) is 23.9 Å². The third-order valence-electron chi connectivity index (χ3n) is 9.06. The van der Waals surface area contributed by atoms with E-state index in [1.54, 1.807) is 36.9 Å². The summed E-state index contributed by atoms with van der Waals surface area (Å²) in [5, 5.41) is 14.0. The molecule has 3 rings (SSSR count). The van der Waals surface area contributed by atoms with Gasteiger partial charge in [-0.3, -0.25) is 19.2 Å². The molecule has 0 aromatic carbocycles. The lowest BCUT2D eigenvalue weighted by atomic mass is 9.87. The van der Waals surface area contributed by atoms with Crippen LogP contribution in [0.25, 0.3) is 0 Å². The maximum atomic E-state index is 13.0. The Labute approximate surface area is 292 Å². The predicted molar refractivity (Wildman–Crippen MR) is 185 cm³/mol. The highest BCUT2D eigenvalue weighted by Gasteiger charge is 2.58. The summed E-state index contributed by atoms with van der Waals surface area (Å²) in [6.45, 7) is 10.4. The molecule has 0 unspecified atom stereocenters. The highest BCUT2D eigenvalue weighted by molar-refractivity contribution is 14.1. The molecule has 0 aromatic heterocycles. The van der Waals surface area contributed by atoms with E-state index in [0.717, 1.165) is 12.0 Å². The lowest BCUT2D eigenvalue weighted by Gasteiger charge is -2.39. The van der Waals surface area contributed by atoms with E-state index in [1.165, 1.54) is 13.0 Å². The Balaban J connectivity index is 1.50. The number of aliphatic hydroxyl groups is 1. The maximum absolute atomic E-state index is 13.0. The van der Waals surface area contributed by atoms with E-state index >= 15 is 0 Å². The minimum atomic E-state index is -0.835. The number of amides is 3. The molecule has 3 aliphatic rings. The number of halogens is 1. The molecule has 12 nitrogen and oxygen atoms in total. The van der Waals surface area contributed by atoms with Crippen molar-refractivity contribution in [2.24, 2.45) is 5.92 Å². The Kier molecular flexibility index (Phi) is 14.9. The van der Waals surface area contributed by atoms with Crippen molar-refractivity contribution < 1.29 is 43.2 Å². The lowest BCUT2D eigenvalue weighted by Crippen LogP contribution is -2.51. The monoisotopic (exact) mass is 773 g/mol. The van der Waals surface area contributed by atoms with E-state index in [9.17, 15) is 24.3 Å². The number of esters is 1. The highest BCUT2D eigenvalue weighted by atomic mass is 127. The SMILES string of the molecule is CC(=O)O[C@@H](C)C=CC(=O)N[C@@H]1C[C@H](C)[C@H](CC=C(C)C=C[C@H]2O[C@H](CC(=O)N(C)CCN(C)C(=O)CI)C[C@@]3(CO3)[C@@H]2O)O[C@@H]1C. The van der Waals surface area contributed by atoms with Gasteiger partial charge in [0.2, 0.25) is 17.7 Å². The van der Waals surface area contributed by atoms with E-state index in [0.29, 0.717) is 37.0 Å². The molecule has 0 bridgehead atoms. The van der Waals surface area contributed by atoms with Crippen LogP contribution in [0.15, 0.2) is 36.0 Å². The second kappa shape index (κ2) is 17.9. The summed E-state index contributed by atoms with van der Waals surface area (Å²) in [5.74, 6) is -0.521. The van der Waals surface area contributed by atoms with Gasteiger partial charge in [0.15, 0.2) is 0 Å². The van der Waals surface area contributed by atoms with Crippen LogP contribution in [0.3, 0.4) is 0 Å². The van der Waals surface area contributed by atoms with Crippen molar-refractivity contribution in [3.8, 4) is 0 Å². The Hall–Kier alpha value is -2.33. The number of alkyl halides is 1. The van der Waals surface area contributed by atoms with Gasteiger partial charge in [0.25, 0.3) is 0 Å². The molecule has 3 aliphatic heterocycles. The van der Waals surface area contributed by atoms with Crippen LogP contribution in [0.5, 0.6) is 0 Å². The van der Waals surface area contributed by atoms with Gasteiger partial charge in [-0.05, 0) is 45.6 Å². The van der Waals surface area contributed by atoms with Crippen LogP contribution in [0.2, 0.25) is 0 Å². The lowest BCUT2D eigenvalue weighted by molar-refractivity contribution is -0.150. The Morgan fingerprint density at radius 2 is 1.74 bits per heavy atom. The first-order valence-corrected chi connectivity index (χ1v) is 17.8. The van der Waals surface area contributed by atoms with E-state index < -0.39 is 36.0 Å². The number of ether oxygens (including phenoxy) is 4. The van der Waals surface area contributed by atoms with Gasteiger partial charge in [-0.1, -0.05) is 53.3 Å². The standard InChI is InChI=1S/C34H52IN3O9/c1-21(8-11-28-22(2)16-27(24(4)46-28)36-30(40)13-10-23(3)45-25(5)39)9-12-29-33(43)34(20-44-34)18-26(47-29)17-31(41)37(6)14-15-38(7)32(42)19-35/h8-10,12-13,22-24,26-29,33,43H,11,14-20H2,1-7H3,(H,36,40)/t22-,23-,24+,26+,27+,28-,29+,33+,34+/m0/s1. The molecule has 13 heteroatoms. The molecule has 0 radical (unpaired) electrons. The van der Waals surface area contributed by atoms with E-state index in [1.807, 2.05) is 48.6 Å². The number of carbonyl (C=O) groups is 4. The molecule has 0 aliphatic carbocycles. The number of carbonyl (C=O) groups excluding carboxylic acids is 4. The van der Waals surface area contributed by atoms with Gasteiger partial charge in [-0.2, -0.15) is 0 Å². The van der Waals surface area contributed by atoms with Gasteiger partial charge < -0.3 is 39.2 Å². The zero-order chi connectivity index (χ0) is 34.9. The van der Waals surface area contributed by atoms with Crippen molar-refractivity contribution in [1.29, 1.82) is 0 Å². The largest absolute Gasteiger partial charge is 0.459 e. The normalized spacial score (nSPS) is 31.5. The van der Waals surface area contributed by atoms with Gasteiger partial charge in [-0.25, -0.2) is 0 Å². The molecular weight excluding hydrogens is 721 g/mol. The Morgan fingerprint density at radius 3 is 2.36 bits per heavy atom. The van der Waals surface area contributed by atoms with E-state index in [2.05, 4.69) is 18.3 Å². The zero-order valence-corrected chi connectivity index (χ0v) is 30.8. The molecule has 3 amide bonds. The number of hydrogen-bond donors (Lipinski definition) is 2. The maximum Gasteiger partial charge on any atom is 0.303 e. The van der Waals surface area contributed by atoms with Crippen LogP contribution in [0.1, 0.15) is 60.3 Å². The Morgan fingerprint density at radius 1 is 1.09 bits per heavy atom. The molecule has 47 heavy (non-hydrogen) atoms. The third kappa shape index (κ3) is 11.9. The van der Waals surface area contributed by atoms with E-state index in [4.69, 9.17) is 18.9 Å². The minimum Gasteiger partial charge on any atom is -0.459 e. The van der Waals surface area contributed by atoms with Gasteiger partial charge in [0.05, 0.1) is 41.8 Å². The number of nitrogens with one attached hydrogen (secondary N) is 1. The van der Waals surface area contributed by atoms with Crippen molar-refractivity contribution in [3.63, 3.8) is 0 Å². The smallest absolute Gasteiger partial charge is 0.303 e. The summed E-state index contributed by atoms with van der Waals surface area (Å²) in [4.78, 5) is 51.5. The molecule has 9 atom stereocenters. The zero-order valence-electron chi connectivity index (χ0n) is 28.6. The summed E-state index contributed by atoms with van der Waals surface area (Å²) in [6, 6.07) is -0.139. The van der Waals surface area contributed by atoms with Crippen LogP contribution >= 0.6 is 22.6 Å². The fourth-order valence-corrected chi connectivity index (χ4v) is 6.47. The predicted octanol–water partition coefficient (Wildman–Crippen LogP) is 2.71. The third-order valence-corrected chi connectivity index (χ3v) is 9.72. The highest BCUT2D eigenvalue weighted by Crippen LogP contribution is 2.43. The fraction of sp³-hybridized carbons (Fsp3) is 0.706. The minimum absolute atomic E-state index is 0.0200. The first kappa shape index (κ1) is 39.1. The van der Waals surface area contributed by atoms with Crippen LogP contribution < -0.4 is 5.32 Å². The first-order valence-electron chi connectivity index (χ1n) is 16.3. The number of epoxide rings is 1. The molecule has 3 fully saturated rings. The summed E-state index contributed by atoms with van der Waals surface area (Å²) >= 11 is 2.03. The van der Waals surface area contributed by atoms with Crippen molar-refractivity contribution in [2.75, 3.05) is 38.2 Å². The molecule has 1 spiro atoms. The molecule has 0 aromatic rings. The number of likely N-dealkylation sites (N-methyl/N-ethyl adjacent to an activating group) is 2. The van der Waals surface area contributed by atoms with Crippen LogP contribution in [0.4, 0.5) is 0 Å². The molecule has 2 N–H and O–H groups in total. The summed E-state index contributed by atoms with van der Waals surface area (Å²) in [5.41, 5.74) is 0.297. The van der Waals surface area contributed by atoms with Gasteiger partial charge in [-0.15, -0.1) is 0 Å². The fourth-order valence-electron chi connectivity index (χ4n) is 5.89. The number of allylic oxidation sites excluding steroid dienone is 2. The van der Waals surface area contributed by atoms with E-state index in [-0.39, 0.29) is 48.3 Å². The summed E-state index contributed by atoms with van der Waals surface area (Å²) < 4.78 is 23.6. The van der Waals surface area contributed by atoms with Crippen molar-refractivity contribution >= 4 is 46.3 Å². The van der Waals surface area contributed by atoms with Crippen molar-refractivity contribution in [1.82, 2.24) is 15.1 Å². The van der Waals surface area contributed by atoms with Crippen molar-refractivity contribution in [3.05, 3.63) is 36.0 Å². The second-order valence-corrected chi connectivity index (χ2v) is 13.9. The number of rotatable bonds is 14. The summed E-state index contributed by atoms with van der Waals surface area (Å²) in [6.07, 6.45) is 8.30. The average molecular weight is 774 g/mol. The number of nitrogens with zero attached hydrogens (tertiary/aromatic N) is 2. The van der Waals surface area contributed by atoms with Gasteiger partial charge in [0, 0.05) is 46.6 Å². The van der Waals surface area contributed by atoms with Crippen LogP contribution in [0, 0.1) is 5.92 Å². The quantitative estimate of drug-likeness (QED) is 0.0680. The van der Waals surface area contributed by atoms with Crippen LogP contribution in [-0.2, 0) is 38.1 Å². The van der Waals surface area contributed by atoms with Gasteiger partial charge >= 0.3 is 5.97 Å². The van der Waals surface area contributed by atoms with Crippen LogP contribution in [-0.4, -0.2) is 125 Å². The molecule has 0 saturated carbocycles. The molecule has 264 valence electrons. The number of aliphatic hydroxyl groups excluding tert-OH is 1. The van der Waals surface area contributed by atoms with Crippen molar-refractivity contribution in [2.45, 2.75) is 109 Å². The number of hydrogen-bond acceptors (Lipinski definition) is 9. The first-order chi connectivity index (χ1) is 22.1. The molecule has 3 saturated heterocycles.